The molecule has 0 aromatic carbocycles. The fraction of sp³-hybridized carbons (Fsp3) is 0.667. The van der Waals surface area contributed by atoms with Gasteiger partial charge in [-0.2, -0.15) is 0 Å². The van der Waals surface area contributed by atoms with Crippen LogP contribution in [0.15, 0.2) is 23.3 Å². The van der Waals surface area contributed by atoms with Crippen LogP contribution >= 0.6 is 0 Å². The van der Waals surface area contributed by atoms with Crippen LogP contribution in [0.2, 0.25) is 0 Å². The van der Waals surface area contributed by atoms with Gasteiger partial charge in [0.25, 0.3) is 0 Å². The Morgan fingerprint density at radius 2 is 2.04 bits per heavy atom. The molecule has 0 spiro atoms. The molecule has 122 valence electrons. The van der Waals surface area contributed by atoms with Gasteiger partial charge < -0.3 is 5.11 Å². The van der Waals surface area contributed by atoms with Crippen molar-refractivity contribution >= 4 is 5.78 Å². The molecule has 0 heterocycles. The smallest absolute Gasteiger partial charge is 0.155 e. The van der Waals surface area contributed by atoms with Gasteiger partial charge in [0.2, 0.25) is 0 Å². The van der Waals surface area contributed by atoms with Crippen molar-refractivity contribution in [1.29, 1.82) is 0 Å². The Morgan fingerprint density at radius 3 is 2.78 bits per heavy atom. The highest BCUT2D eigenvalue weighted by Crippen LogP contribution is 2.65. The minimum Gasteiger partial charge on any atom is -0.377 e. The quantitative estimate of drug-likeness (QED) is 0.546. The number of allylic oxidation sites excluding steroid dienone is 4. The monoisotopic (exact) mass is 310 g/mol. The zero-order valence-corrected chi connectivity index (χ0v) is 14.2. The van der Waals surface area contributed by atoms with Crippen molar-refractivity contribution < 1.29 is 9.90 Å². The van der Waals surface area contributed by atoms with Crippen LogP contribution in [0.5, 0.6) is 0 Å². The first kappa shape index (κ1) is 15.2. The number of hydrogen-bond acceptors (Lipinski definition) is 2. The minimum absolute atomic E-state index is 0.0645. The van der Waals surface area contributed by atoms with Gasteiger partial charge in [-0.25, -0.2) is 0 Å². The molecule has 0 amide bonds. The van der Waals surface area contributed by atoms with E-state index in [1.807, 2.05) is 6.08 Å². The number of carbonyl (C=O) groups is 1. The van der Waals surface area contributed by atoms with E-state index in [9.17, 15) is 9.90 Å². The van der Waals surface area contributed by atoms with Gasteiger partial charge in [0, 0.05) is 17.3 Å². The lowest BCUT2D eigenvalue weighted by Gasteiger charge is -2.54. The fourth-order valence-corrected chi connectivity index (χ4v) is 6.11. The highest BCUT2D eigenvalue weighted by atomic mass is 16.3. The Balaban J connectivity index is 1.78. The van der Waals surface area contributed by atoms with Gasteiger partial charge in [-0.3, -0.25) is 4.79 Å². The molecule has 0 unspecified atom stereocenters. The Kier molecular flexibility index (Phi) is 3.05. The maximum atomic E-state index is 11.8. The molecule has 4 rings (SSSR count). The van der Waals surface area contributed by atoms with Gasteiger partial charge in [-0.15, -0.1) is 6.42 Å². The van der Waals surface area contributed by atoms with Crippen molar-refractivity contribution in [1.82, 2.24) is 0 Å². The second kappa shape index (κ2) is 4.61. The van der Waals surface area contributed by atoms with Crippen LogP contribution in [0.3, 0.4) is 0 Å². The predicted molar refractivity (Wildman–Crippen MR) is 90.5 cm³/mol. The van der Waals surface area contributed by atoms with E-state index in [1.165, 1.54) is 11.1 Å². The highest BCUT2D eigenvalue weighted by molar-refractivity contribution is 5.92. The van der Waals surface area contributed by atoms with E-state index in [-0.39, 0.29) is 10.8 Å². The largest absolute Gasteiger partial charge is 0.377 e. The number of rotatable bonds is 0. The predicted octanol–water partition coefficient (Wildman–Crippen LogP) is 3.80. The van der Waals surface area contributed by atoms with Gasteiger partial charge >= 0.3 is 0 Å². The van der Waals surface area contributed by atoms with Crippen LogP contribution < -0.4 is 0 Å². The van der Waals surface area contributed by atoms with E-state index < -0.39 is 5.60 Å². The molecular weight excluding hydrogens is 284 g/mol. The van der Waals surface area contributed by atoms with Crippen molar-refractivity contribution in [3.05, 3.63) is 23.3 Å². The van der Waals surface area contributed by atoms with Crippen molar-refractivity contribution in [3.8, 4) is 12.3 Å². The molecule has 0 saturated heterocycles. The molecule has 2 fully saturated rings. The number of aliphatic hydroxyl groups is 1. The summed E-state index contributed by atoms with van der Waals surface area (Å²) in [6, 6.07) is 0. The van der Waals surface area contributed by atoms with Crippen molar-refractivity contribution in [2.75, 3.05) is 0 Å². The van der Waals surface area contributed by atoms with Crippen LogP contribution in [0.25, 0.3) is 0 Å². The Hall–Kier alpha value is -1.33. The lowest BCUT2D eigenvalue weighted by molar-refractivity contribution is -0.115. The zero-order chi connectivity index (χ0) is 16.5. The average Bonchev–Trinajstić information content (AvgIpc) is 2.80. The summed E-state index contributed by atoms with van der Waals surface area (Å²) in [7, 11) is 0. The molecule has 0 radical (unpaired) electrons. The standard InChI is InChI=1S/C21H26O2/c1-4-21(23)12-9-18-16-6-5-14-13-15(22)7-10-19(14,2)17(16)8-11-20(18,21)3/h1,8,13,16,18,23H,5-7,9-12H2,2-3H3/t16-,18+,19+,20+,21-/m1/s1. The summed E-state index contributed by atoms with van der Waals surface area (Å²) < 4.78 is 0. The summed E-state index contributed by atoms with van der Waals surface area (Å²) in [5.41, 5.74) is 1.78. The first-order valence-corrected chi connectivity index (χ1v) is 8.99. The molecule has 4 aliphatic rings. The van der Waals surface area contributed by atoms with E-state index in [0.29, 0.717) is 24.0 Å². The van der Waals surface area contributed by atoms with Crippen molar-refractivity contribution in [3.63, 3.8) is 0 Å². The maximum Gasteiger partial charge on any atom is 0.155 e. The van der Waals surface area contributed by atoms with Crippen LogP contribution in [0.4, 0.5) is 0 Å². The molecule has 2 saturated carbocycles. The SMILES string of the molecule is C#C[C@@]1(O)CC[C@H]2[C@@H]3CCC4=CC(=O)CC[C@]4(C)C3=CC[C@@]21C. The zero-order valence-electron chi connectivity index (χ0n) is 14.2. The van der Waals surface area contributed by atoms with E-state index in [0.717, 1.165) is 38.5 Å². The topological polar surface area (TPSA) is 37.3 Å². The molecule has 4 aliphatic carbocycles. The Bertz CT molecular complexity index is 678. The summed E-state index contributed by atoms with van der Waals surface area (Å²) in [6.45, 7) is 4.52. The molecule has 0 bridgehead atoms. The number of carbonyl (C=O) groups excluding carboxylic acids is 1. The maximum absolute atomic E-state index is 11.8. The average molecular weight is 310 g/mol. The number of hydrogen-bond donors (Lipinski definition) is 1. The third-order valence-electron chi connectivity index (χ3n) is 7.73. The molecule has 0 aromatic rings. The fourth-order valence-electron chi connectivity index (χ4n) is 6.11. The van der Waals surface area contributed by atoms with E-state index in [4.69, 9.17) is 6.42 Å². The van der Waals surface area contributed by atoms with Crippen LogP contribution in [-0.2, 0) is 4.79 Å². The third-order valence-corrected chi connectivity index (χ3v) is 7.73. The third kappa shape index (κ3) is 1.78. The lowest BCUT2D eigenvalue weighted by atomic mass is 9.51. The van der Waals surface area contributed by atoms with Gasteiger partial charge in [0.15, 0.2) is 5.78 Å². The molecule has 2 nitrogen and oxygen atoms in total. The van der Waals surface area contributed by atoms with Crippen LogP contribution in [0.1, 0.15) is 58.8 Å². The number of fused-ring (bicyclic) bond motifs is 5. The van der Waals surface area contributed by atoms with Gasteiger partial charge in [-0.1, -0.05) is 37.0 Å². The van der Waals surface area contributed by atoms with E-state index in [1.54, 1.807) is 0 Å². The van der Waals surface area contributed by atoms with Crippen LogP contribution in [-0.4, -0.2) is 16.5 Å². The summed E-state index contributed by atoms with van der Waals surface area (Å²) in [5.74, 6) is 4.00. The Morgan fingerprint density at radius 1 is 1.26 bits per heavy atom. The summed E-state index contributed by atoms with van der Waals surface area (Å²) in [5, 5.41) is 11.0. The van der Waals surface area contributed by atoms with Gasteiger partial charge in [0.05, 0.1) is 0 Å². The summed E-state index contributed by atoms with van der Waals surface area (Å²) in [4.78, 5) is 11.8. The lowest BCUT2D eigenvalue weighted by Crippen LogP contribution is -2.50. The summed E-state index contributed by atoms with van der Waals surface area (Å²) in [6.07, 6.45) is 16.3. The Labute approximate surface area is 139 Å². The molecule has 2 heteroatoms. The van der Waals surface area contributed by atoms with Crippen LogP contribution in [0, 0.1) is 35.0 Å². The highest BCUT2D eigenvalue weighted by Gasteiger charge is 2.61. The van der Waals surface area contributed by atoms with Gasteiger partial charge in [-0.05, 0) is 56.4 Å². The summed E-state index contributed by atoms with van der Waals surface area (Å²) >= 11 is 0. The number of terminal acetylenes is 1. The second-order valence-corrected chi connectivity index (χ2v) is 8.54. The van der Waals surface area contributed by atoms with E-state index >= 15 is 0 Å². The minimum atomic E-state index is -0.959. The van der Waals surface area contributed by atoms with Crippen molar-refractivity contribution in [2.45, 2.75) is 64.4 Å². The normalized spacial score (nSPS) is 48.5. The van der Waals surface area contributed by atoms with E-state index in [2.05, 4.69) is 25.8 Å². The number of ketones is 1. The molecule has 1 N–H and O–H groups in total. The molecule has 23 heavy (non-hydrogen) atoms. The van der Waals surface area contributed by atoms with Crippen molar-refractivity contribution in [2.24, 2.45) is 22.7 Å². The second-order valence-electron chi connectivity index (χ2n) is 8.54. The first-order valence-electron chi connectivity index (χ1n) is 8.99. The molecule has 0 aliphatic heterocycles. The van der Waals surface area contributed by atoms with Gasteiger partial charge in [0.1, 0.15) is 5.60 Å². The molecule has 0 aromatic heterocycles. The molecular formula is C21H26O2. The molecule has 5 atom stereocenters. The first-order chi connectivity index (χ1) is 10.8.